The van der Waals surface area contributed by atoms with Gasteiger partial charge < -0.3 is 15.7 Å². The second-order valence-electron chi connectivity index (χ2n) is 4.46. The van der Waals surface area contributed by atoms with Crippen molar-refractivity contribution >= 4 is 11.5 Å². The predicted molar refractivity (Wildman–Crippen MR) is 65.6 cm³/mol. The fourth-order valence-corrected chi connectivity index (χ4v) is 2.31. The molecule has 0 aliphatic carbocycles. The maximum absolute atomic E-state index is 12.4. The number of alkyl halides is 1. The summed E-state index contributed by atoms with van der Waals surface area (Å²) in [6.07, 6.45) is 2.32. The highest BCUT2D eigenvalue weighted by Gasteiger charge is 2.28. The Bertz CT molecular complexity index is 375. The van der Waals surface area contributed by atoms with E-state index in [1.807, 2.05) is 4.90 Å². The van der Waals surface area contributed by atoms with Crippen LogP contribution >= 0.6 is 0 Å². The molecule has 94 valence electrons. The van der Waals surface area contributed by atoms with Crippen LogP contribution in [0.3, 0.4) is 0 Å². The highest BCUT2D eigenvalue weighted by molar-refractivity contribution is 5.62. The molecule has 2 unspecified atom stereocenters. The predicted octanol–water partition coefficient (Wildman–Crippen LogP) is 1.21. The van der Waals surface area contributed by atoms with Gasteiger partial charge in [-0.25, -0.2) is 4.98 Å². The van der Waals surface area contributed by atoms with Crippen molar-refractivity contribution in [1.82, 2.24) is 4.98 Å². The SMILES string of the molecule is Nc1cccnc1N1CCC(O)C(CCF)C1. The zero-order valence-electron chi connectivity index (χ0n) is 9.72. The summed E-state index contributed by atoms with van der Waals surface area (Å²) in [5.41, 5.74) is 6.49. The van der Waals surface area contributed by atoms with Crippen molar-refractivity contribution in [3.05, 3.63) is 18.3 Å². The first-order chi connectivity index (χ1) is 8.22. The van der Waals surface area contributed by atoms with Crippen molar-refractivity contribution < 1.29 is 9.50 Å². The third kappa shape index (κ3) is 2.66. The molecule has 3 N–H and O–H groups in total. The lowest BCUT2D eigenvalue weighted by atomic mass is 9.92. The first kappa shape index (κ1) is 12.1. The number of anilines is 2. The van der Waals surface area contributed by atoms with Gasteiger partial charge in [0, 0.05) is 25.2 Å². The summed E-state index contributed by atoms with van der Waals surface area (Å²) in [4.78, 5) is 6.28. The van der Waals surface area contributed by atoms with E-state index in [1.54, 1.807) is 18.3 Å². The largest absolute Gasteiger partial charge is 0.396 e. The van der Waals surface area contributed by atoms with E-state index in [0.717, 1.165) is 5.82 Å². The lowest BCUT2D eigenvalue weighted by molar-refractivity contribution is 0.0793. The van der Waals surface area contributed by atoms with Gasteiger partial charge in [-0.3, -0.25) is 4.39 Å². The number of pyridine rings is 1. The Hall–Kier alpha value is -1.36. The fraction of sp³-hybridized carbons (Fsp3) is 0.583. The van der Waals surface area contributed by atoms with Crippen LogP contribution in [0.5, 0.6) is 0 Å². The number of hydrogen-bond acceptors (Lipinski definition) is 4. The highest BCUT2D eigenvalue weighted by atomic mass is 19.1. The summed E-state index contributed by atoms with van der Waals surface area (Å²) < 4.78 is 12.4. The van der Waals surface area contributed by atoms with Crippen molar-refractivity contribution in [3.8, 4) is 0 Å². The molecule has 0 radical (unpaired) electrons. The third-order valence-electron chi connectivity index (χ3n) is 3.29. The average molecular weight is 239 g/mol. The standard InChI is InChI=1S/C12H18FN3O/c13-5-3-9-8-16(7-4-11(9)17)12-10(14)2-1-6-15-12/h1-2,6,9,11,17H,3-5,7-8,14H2. The Labute approximate surface area is 100 Å². The minimum absolute atomic E-state index is 0.0323. The van der Waals surface area contributed by atoms with Gasteiger partial charge in [0.2, 0.25) is 0 Å². The summed E-state index contributed by atoms with van der Waals surface area (Å²) in [6.45, 7) is 0.935. The van der Waals surface area contributed by atoms with E-state index in [2.05, 4.69) is 4.98 Å². The summed E-state index contributed by atoms with van der Waals surface area (Å²) in [5.74, 6) is 0.707. The van der Waals surface area contributed by atoms with Gasteiger partial charge in [0.15, 0.2) is 5.82 Å². The average Bonchev–Trinajstić information content (AvgIpc) is 2.33. The number of halogens is 1. The minimum Gasteiger partial charge on any atom is -0.396 e. The summed E-state index contributed by atoms with van der Waals surface area (Å²) in [6, 6.07) is 3.59. The van der Waals surface area contributed by atoms with Crippen molar-refractivity contribution in [2.75, 3.05) is 30.4 Å². The van der Waals surface area contributed by atoms with Gasteiger partial charge in [-0.1, -0.05) is 0 Å². The van der Waals surface area contributed by atoms with Crippen molar-refractivity contribution in [2.45, 2.75) is 18.9 Å². The molecule has 0 saturated carbocycles. The van der Waals surface area contributed by atoms with E-state index in [9.17, 15) is 9.50 Å². The normalized spacial score (nSPS) is 24.9. The lowest BCUT2D eigenvalue weighted by Crippen LogP contribution is -2.44. The van der Waals surface area contributed by atoms with Crippen LogP contribution in [0, 0.1) is 5.92 Å². The van der Waals surface area contributed by atoms with E-state index < -0.39 is 12.8 Å². The molecule has 1 aromatic rings. The Morgan fingerprint density at radius 1 is 1.59 bits per heavy atom. The van der Waals surface area contributed by atoms with E-state index in [4.69, 9.17) is 5.73 Å². The maximum atomic E-state index is 12.4. The molecule has 4 nitrogen and oxygen atoms in total. The molecular weight excluding hydrogens is 221 g/mol. The Morgan fingerprint density at radius 3 is 3.12 bits per heavy atom. The molecule has 0 aromatic carbocycles. The van der Waals surface area contributed by atoms with Gasteiger partial charge in [-0.15, -0.1) is 0 Å². The maximum Gasteiger partial charge on any atom is 0.151 e. The number of rotatable bonds is 3. The summed E-state index contributed by atoms with van der Waals surface area (Å²) in [7, 11) is 0. The van der Waals surface area contributed by atoms with Gasteiger partial charge in [0.25, 0.3) is 0 Å². The van der Waals surface area contributed by atoms with E-state index in [0.29, 0.717) is 31.6 Å². The smallest absolute Gasteiger partial charge is 0.151 e. The molecule has 17 heavy (non-hydrogen) atoms. The number of nitrogen functional groups attached to an aromatic ring is 1. The highest BCUT2D eigenvalue weighted by Crippen LogP contribution is 2.27. The number of aromatic nitrogens is 1. The van der Waals surface area contributed by atoms with Gasteiger partial charge in [-0.05, 0) is 25.0 Å². The molecular formula is C12H18FN3O. The Morgan fingerprint density at radius 2 is 2.41 bits per heavy atom. The number of nitrogens with zero attached hydrogens (tertiary/aromatic N) is 2. The molecule has 1 aliphatic rings. The first-order valence-electron chi connectivity index (χ1n) is 5.92. The minimum atomic E-state index is -0.410. The molecule has 0 amide bonds. The van der Waals surface area contributed by atoms with Crippen LogP contribution in [0.15, 0.2) is 18.3 Å². The lowest BCUT2D eigenvalue weighted by Gasteiger charge is -2.37. The number of aliphatic hydroxyl groups is 1. The quantitative estimate of drug-likeness (QED) is 0.832. The van der Waals surface area contributed by atoms with E-state index in [1.165, 1.54) is 0 Å². The molecule has 1 aliphatic heterocycles. The van der Waals surface area contributed by atoms with Crippen LogP contribution in [0.4, 0.5) is 15.9 Å². The molecule has 2 rings (SSSR count). The summed E-state index contributed by atoms with van der Waals surface area (Å²) in [5, 5.41) is 9.79. The van der Waals surface area contributed by atoms with Gasteiger partial charge in [0.1, 0.15) is 0 Å². The van der Waals surface area contributed by atoms with E-state index in [-0.39, 0.29) is 5.92 Å². The van der Waals surface area contributed by atoms with Crippen LogP contribution in [0.25, 0.3) is 0 Å². The van der Waals surface area contributed by atoms with Crippen molar-refractivity contribution in [1.29, 1.82) is 0 Å². The first-order valence-corrected chi connectivity index (χ1v) is 5.92. The second-order valence-corrected chi connectivity index (χ2v) is 4.46. The molecule has 0 spiro atoms. The monoisotopic (exact) mass is 239 g/mol. The number of aliphatic hydroxyl groups excluding tert-OH is 1. The Balaban J connectivity index is 2.10. The molecule has 5 heteroatoms. The fourth-order valence-electron chi connectivity index (χ4n) is 2.31. The number of hydrogen-bond donors (Lipinski definition) is 2. The zero-order chi connectivity index (χ0) is 12.3. The van der Waals surface area contributed by atoms with Crippen LogP contribution in [0.2, 0.25) is 0 Å². The van der Waals surface area contributed by atoms with Crippen LogP contribution < -0.4 is 10.6 Å². The number of nitrogens with two attached hydrogens (primary N) is 1. The molecule has 1 fully saturated rings. The van der Waals surface area contributed by atoms with Crippen molar-refractivity contribution in [3.63, 3.8) is 0 Å². The zero-order valence-corrected chi connectivity index (χ0v) is 9.72. The van der Waals surface area contributed by atoms with Gasteiger partial charge >= 0.3 is 0 Å². The van der Waals surface area contributed by atoms with E-state index >= 15 is 0 Å². The third-order valence-corrected chi connectivity index (χ3v) is 3.29. The van der Waals surface area contributed by atoms with Gasteiger partial charge in [0.05, 0.1) is 18.5 Å². The van der Waals surface area contributed by atoms with Crippen LogP contribution in [-0.4, -0.2) is 36.0 Å². The molecule has 1 saturated heterocycles. The summed E-state index contributed by atoms with van der Waals surface area (Å²) >= 11 is 0. The van der Waals surface area contributed by atoms with Crippen molar-refractivity contribution in [2.24, 2.45) is 5.92 Å². The van der Waals surface area contributed by atoms with Crippen LogP contribution in [0.1, 0.15) is 12.8 Å². The molecule has 2 atom stereocenters. The molecule has 2 heterocycles. The van der Waals surface area contributed by atoms with Crippen LogP contribution in [-0.2, 0) is 0 Å². The second kappa shape index (κ2) is 5.31. The topological polar surface area (TPSA) is 62.4 Å². The molecule has 1 aromatic heterocycles. The molecule has 0 bridgehead atoms. The Kier molecular flexibility index (Phi) is 3.78. The van der Waals surface area contributed by atoms with Gasteiger partial charge in [-0.2, -0.15) is 0 Å². The number of piperidine rings is 1.